The lowest BCUT2D eigenvalue weighted by Gasteiger charge is -2.19. The maximum absolute atomic E-state index is 10.2. The van der Waals surface area contributed by atoms with Gasteiger partial charge in [0, 0.05) is 0 Å². The van der Waals surface area contributed by atoms with Crippen LogP contribution in [0.25, 0.3) is 98.4 Å². The van der Waals surface area contributed by atoms with Crippen LogP contribution in [-0.2, 0) is 0 Å². The van der Waals surface area contributed by atoms with E-state index in [1.165, 1.54) is 0 Å². The van der Waals surface area contributed by atoms with E-state index in [4.69, 9.17) is 16.4 Å². The van der Waals surface area contributed by atoms with Crippen molar-refractivity contribution >= 4 is 53.9 Å². The van der Waals surface area contributed by atoms with Crippen LogP contribution in [0, 0.1) is 0 Å². The van der Waals surface area contributed by atoms with E-state index in [9.17, 15) is 12.3 Å². The standard InChI is InChI=1S/C50H32/c1-3-13-38-30-40(26-22-33(38)10-1)35-20-24-37(25-21-35)49-45-17-7-8-18-46(45)50(42-27-23-34-11-2-4-14-39(34)31-42)48-32-41(28-29-47(48)49)44-19-9-15-36-12-5-6-16-43(36)44/h1-32H/i2D,4D,5D,6D,7D,8D,9D,11D,12D,14D,15D,16D,17D,18D,19D,23D,27D,28D,29D,31D,32D. The molecule has 0 spiro atoms. The first kappa shape index (κ1) is 14.5. The predicted octanol–water partition coefficient (Wildman–Crippen LogP) is 14.1. The van der Waals surface area contributed by atoms with E-state index in [-0.39, 0.29) is 21.9 Å². The maximum atomic E-state index is 10.2. The largest absolute Gasteiger partial charge is 0.0636 e. The van der Waals surface area contributed by atoms with Crippen LogP contribution in [0.2, 0.25) is 0 Å². The van der Waals surface area contributed by atoms with Crippen molar-refractivity contribution in [3.8, 4) is 44.5 Å². The van der Waals surface area contributed by atoms with Gasteiger partial charge in [0.05, 0.1) is 28.8 Å². The van der Waals surface area contributed by atoms with Crippen molar-refractivity contribution < 1.29 is 28.8 Å². The summed E-state index contributed by atoms with van der Waals surface area (Å²) < 4.78 is 191. The van der Waals surface area contributed by atoms with Crippen LogP contribution in [0.1, 0.15) is 28.8 Å². The summed E-state index contributed by atoms with van der Waals surface area (Å²) in [6, 6.07) is 3.62. The van der Waals surface area contributed by atoms with E-state index >= 15 is 0 Å². The third kappa shape index (κ3) is 4.69. The Morgan fingerprint density at radius 3 is 1.72 bits per heavy atom. The van der Waals surface area contributed by atoms with Gasteiger partial charge in [0.25, 0.3) is 0 Å². The van der Waals surface area contributed by atoms with Gasteiger partial charge >= 0.3 is 0 Å². The molecular weight excluding hydrogens is 601 g/mol. The SMILES string of the molecule is [2H]c1c([2H])c([2H])c2c([2H])c(-c3c4c([2H])c([2H])c([2H])c([2H])c4c(-c4ccc(-c5ccc6ccccc6c5)cc4)c4c([2H])c([2H])c(-c5c([2H])c([2H])c([2H])c6c([2H])c([2H])c([2H])c([2H])c56)c([2H])c34)c([2H])c([2H])c2c1[2H]. The van der Waals surface area contributed by atoms with Crippen LogP contribution in [0.15, 0.2) is 194 Å². The molecule has 0 amide bonds. The third-order valence-electron chi connectivity index (χ3n) is 8.82. The summed E-state index contributed by atoms with van der Waals surface area (Å²) in [5.74, 6) is 0. The topological polar surface area (TPSA) is 0 Å². The minimum absolute atomic E-state index is 0.109. The van der Waals surface area contributed by atoms with E-state index in [0.29, 0.717) is 5.56 Å². The molecule has 0 unspecified atom stereocenters. The second kappa shape index (κ2) is 11.6. The molecule has 0 atom stereocenters. The third-order valence-corrected chi connectivity index (χ3v) is 8.82. The highest BCUT2D eigenvalue weighted by Crippen LogP contribution is 2.46. The molecule has 0 aliphatic carbocycles. The number of hydrogen-bond donors (Lipinski definition) is 0. The summed E-state index contributed by atoms with van der Waals surface area (Å²) in [5, 5.41) is -1.76. The normalized spacial score (nSPS) is 17.5. The van der Waals surface area contributed by atoms with E-state index in [1.807, 2.05) is 42.5 Å². The summed E-state index contributed by atoms with van der Waals surface area (Å²) in [7, 11) is 0. The molecule has 0 radical (unpaired) electrons. The zero-order valence-electron chi connectivity index (χ0n) is 46.9. The molecule has 0 nitrogen and oxygen atoms in total. The van der Waals surface area contributed by atoms with Crippen LogP contribution in [-0.4, -0.2) is 0 Å². The van der Waals surface area contributed by atoms with Gasteiger partial charge in [-0.1, -0.05) is 175 Å². The fourth-order valence-electron chi connectivity index (χ4n) is 6.49. The molecule has 50 heavy (non-hydrogen) atoms. The predicted molar refractivity (Wildman–Crippen MR) is 216 cm³/mol. The fraction of sp³-hybridized carbons (Fsp3) is 0. The summed E-state index contributed by atoms with van der Waals surface area (Å²) in [6.07, 6.45) is 0. The highest BCUT2D eigenvalue weighted by molar-refractivity contribution is 6.22. The average molecular weight is 654 g/mol. The van der Waals surface area contributed by atoms with Gasteiger partial charge in [-0.05, 0) is 117 Å². The van der Waals surface area contributed by atoms with Crippen molar-refractivity contribution in [2.45, 2.75) is 0 Å². The molecule has 0 saturated heterocycles. The van der Waals surface area contributed by atoms with Crippen molar-refractivity contribution in [3.63, 3.8) is 0 Å². The monoisotopic (exact) mass is 653 g/mol. The van der Waals surface area contributed by atoms with E-state index in [1.54, 1.807) is 24.3 Å². The van der Waals surface area contributed by atoms with E-state index in [2.05, 4.69) is 0 Å². The summed E-state index contributed by atoms with van der Waals surface area (Å²) in [5.41, 5.74) is -0.868. The Morgan fingerprint density at radius 1 is 0.300 bits per heavy atom. The van der Waals surface area contributed by atoms with Crippen molar-refractivity contribution in [2.75, 3.05) is 0 Å². The molecule has 232 valence electrons. The van der Waals surface area contributed by atoms with Crippen LogP contribution in [0.5, 0.6) is 0 Å². The molecule has 0 heteroatoms. The molecular formula is C50H32. The van der Waals surface area contributed by atoms with Gasteiger partial charge in [0.2, 0.25) is 0 Å². The lowest BCUT2D eigenvalue weighted by atomic mass is 9.84. The lowest BCUT2D eigenvalue weighted by Crippen LogP contribution is -1.92. The zero-order chi connectivity index (χ0) is 51.3. The zero-order valence-corrected chi connectivity index (χ0v) is 25.9. The fourth-order valence-corrected chi connectivity index (χ4v) is 6.49. The first-order chi connectivity index (χ1) is 33.5. The van der Waals surface area contributed by atoms with E-state index in [0.717, 1.165) is 16.3 Å². The van der Waals surface area contributed by atoms with Crippen LogP contribution >= 0.6 is 0 Å². The van der Waals surface area contributed by atoms with Crippen molar-refractivity contribution in [1.29, 1.82) is 0 Å². The molecule has 0 aromatic heterocycles. The summed E-state index contributed by atoms with van der Waals surface area (Å²) in [4.78, 5) is 0. The van der Waals surface area contributed by atoms with Crippen molar-refractivity contribution in [1.82, 2.24) is 0 Å². The molecule has 0 aliphatic rings. The maximum Gasteiger partial charge on any atom is 0.0636 e. The number of hydrogen-bond acceptors (Lipinski definition) is 0. The van der Waals surface area contributed by atoms with E-state index < -0.39 is 181 Å². The molecule has 0 bridgehead atoms. The van der Waals surface area contributed by atoms with Gasteiger partial charge in [0.15, 0.2) is 0 Å². The Kier molecular flexibility index (Phi) is 3.37. The number of benzene rings is 10. The van der Waals surface area contributed by atoms with Gasteiger partial charge in [-0.25, -0.2) is 0 Å². The highest BCUT2D eigenvalue weighted by Gasteiger charge is 2.18. The van der Waals surface area contributed by atoms with Crippen molar-refractivity contribution in [2.24, 2.45) is 0 Å². The first-order valence-corrected chi connectivity index (χ1v) is 15.6. The minimum Gasteiger partial charge on any atom is -0.0616 e. The second-order valence-electron chi connectivity index (χ2n) is 11.6. The summed E-state index contributed by atoms with van der Waals surface area (Å²) >= 11 is 0. The Labute approximate surface area is 321 Å². The highest BCUT2D eigenvalue weighted by atomic mass is 14.2. The first-order valence-electron chi connectivity index (χ1n) is 26.1. The van der Waals surface area contributed by atoms with Crippen LogP contribution < -0.4 is 0 Å². The molecule has 10 aromatic carbocycles. The van der Waals surface area contributed by atoms with Crippen LogP contribution in [0.3, 0.4) is 0 Å². The minimum atomic E-state index is -0.870. The van der Waals surface area contributed by atoms with Gasteiger partial charge in [0.1, 0.15) is 0 Å². The van der Waals surface area contributed by atoms with Crippen molar-refractivity contribution in [3.05, 3.63) is 194 Å². The second-order valence-corrected chi connectivity index (χ2v) is 11.6. The Balaban J connectivity index is 1.48. The quantitative estimate of drug-likeness (QED) is 0.166. The smallest absolute Gasteiger partial charge is 0.0616 e. The summed E-state index contributed by atoms with van der Waals surface area (Å²) in [6.45, 7) is 0. The molecule has 0 heterocycles. The van der Waals surface area contributed by atoms with Gasteiger partial charge < -0.3 is 0 Å². The molecule has 0 N–H and O–H groups in total. The number of rotatable bonds is 4. The van der Waals surface area contributed by atoms with Gasteiger partial charge in [-0.3, -0.25) is 0 Å². The molecule has 0 saturated carbocycles. The Hall–Kier alpha value is -6.50. The Morgan fingerprint density at radius 2 is 0.900 bits per heavy atom. The molecule has 10 aromatic rings. The van der Waals surface area contributed by atoms with Crippen LogP contribution in [0.4, 0.5) is 0 Å². The lowest BCUT2D eigenvalue weighted by molar-refractivity contribution is 1.62. The number of fused-ring (bicyclic) bond motifs is 5. The molecule has 0 aliphatic heterocycles. The molecule has 10 rings (SSSR count). The Bertz CT molecular complexity index is 4100. The molecule has 0 fully saturated rings. The van der Waals surface area contributed by atoms with Gasteiger partial charge in [-0.2, -0.15) is 0 Å². The van der Waals surface area contributed by atoms with Gasteiger partial charge in [-0.15, -0.1) is 0 Å². The average Bonchev–Trinajstić information content (AvgIpc) is 3.36.